The summed E-state index contributed by atoms with van der Waals surface area (Å²) in [6.45, 7) is 0. The van der Waals surface area contributed by atoms with Gasteiger partial charge in [-0.2, -0.15) is 0 Å². The minimum Gasteiger partial charge on any atom is -0.339 e. The van der Waals surface area contributed by atoms with Crippen LogP contribution >= 0.6 is 22.7 Å². The SMILES string of the molecule is Nn1c2cccc3c4cscc4n4c5ccsc5c5ccc1c(c32)c54. The molecule has 25 heavy (non-hydrogen) atoms. The van der Waals surface area contributed by atoms with Crippen LogP contribution in [0.15, 0.2) is 52.5 Å². The maximum Gasteiger partial charge on any atom is 0.0725 e. The lowest BCUT2D eigenvalue weighted by Gasteiger charge is -2.01. The van der Waals surface area contributed by atoms with E-state index < -0.39 is 0 Å². The van der Waals surface area contributed by atoms with Crippen molar-refractivity contribution in [2.75, 3.05) is 5.84 Å². The Morgan fingerprint density at radius 1 is 0.760 bits per heavy atom. The van der Waals surface area contributed by atoms with Gasteiger partial charge in [0.15, 0.2) is 0 Å². The molecule has 5 heterocycles. The summed E-state index contributed by atoms with van der Waals surface area (Å²) in [6.07, 6.45) is 0. The Morgan fingerprint density at radius 2 is 1.68 bits per heavy atom. The number of hydrogen-bond acceptors (Lipinski definition) is 3. The van der Waals surface area contributed by atoms with E-state index in [9.17, 15) is 0 Å². The molecule has 3 nitrogen and oxygen atoms in total. The number of thiophene rings is 2. The smallest absolute Gasteiger partial charge is 0.0725 e. The summed E-state index contributed by atoms with van der Waals surface area (Å²) in [5.74, 6) is 6.49. The predicted molar refractivity (Wildman–Crippen MR) is 110 cm³/mol. The molecular formula is C20H11N3S2. The minimum absolute atomic E-state index is 1.09. The van der Waals surface area contributed by atoms with E-state index >= 15 is 0 Å². The third-order valence-corrected chi connectivity index (χ3v) is 7.16. The lowest BCUT2D eigenvalue weighted by Crippen LogP contribution is -2.06. The topological polar surface area (TPSA) is 35.4 Å². The fraction of sp³-hybridized carbons (Fsp3) is 0. The summed E-state index contributed by atoms with van der Waals surface area (Å²) in [7, 11) is 0. The van der Waals surface area contributed by atoms with Crippen LogP contribution in [0, 0.1) is 0 Å². The Hall–Kier alpha value is -2.76. The molecule has 0 aliphatic carbocycles. The number of aromatic nitrogens is 2. The lowest BCUT2D eigenvalue weighted by atomic mass is 10.1. The van der Waals surface area contributed by atoms with E-state index in [1.54, 1.807) is 11.3 Å². The zero-order valence-corrected chi connectivity index (χ0v) is 14.6. The van der Waals surface area contributed by atoms with Crippen LogP contribution in [0.1, 0.15) is 0 Å². The molecule has 0 amide bonds. The van der Waals surface area contributed by atoms with Gasteiger partial charge in [-0.3, -0.25) is 4.68 Å². The summed E-state index contributed by atoms with van der Waals surface area (Å²) < 4.78 is 5.64. The van der Waals surface area contributed by atoms with Gasteiger partial charge in [0.2, 0.25) is 0 Å². The molecule has 0 spiro atoms. The van der Waals surface area contributed by atoms with Crippen LogP contribution < -0.4 is 5.84 Å². The van der Waals surface area contributed by atoms with Crippen molar-refractivity contribution in [2.45, 2.75) is 0 Å². The number of nitrogens with two attached hydrogens (primary N) is 1. The first kappa shape index (κ1) is 12.6. The molecule has 7 aromatic rings. The second-order valence-corrected chi connectivity index (χ2v) is 8.23. The largest absolute Gasteiger partial charge is 0.339 e. The number of rotatable bonds is 0. The molecule has 0 unspecified atom stereocenters. The van der Waals surface area contributed by atoms with Crippen molar-refractivity contribution in [3.63, 3.8) is 0 Å². The second-order valence-electron chi connectivity index (χ2n) is 6.57. The standard InChI is InChI=1S/C20H11N3S2/c21-23-13-3-1-2-10-12-8-24-9-16(12)22-15-6-7-25-20(15)11-4-5-14(23)18(17(10)13)19(11)22/h1-9H,21H2. The molecule has 7 rings (SSSR count). The highest BCUT2D eigenvalue weighted by Gasteiger charge is 2.22. The van der Waals surface area contributed by atoms with Gasteiger partial charge in [-0.1, -0.05) is 12.1 Å². The summed E-state index contributed by atoms with van der Waals surface area (Å²) in [5, 5.41) is 13.2. The fourth-order valence-corrected chi connectivity index (χ4v) is 6.23. The summed E-state index contributed by atoms with van der Waals surface area (Å²) in [4.78, 5) is 0. The number of nitrogens with zero attached hydrogens (tertiary/aromatic N) is 2. The van der Waals surface area contributed by atoms with Gasteiger partial charge in [0, 0.05) is 32.3 Å². The maximum absolute atomic E-state index is 6.49. The van der Waals surface area contributed by atoms with E-state index in [1.165, 1.54) is 48.2 Å². The summed E-state index contributed by atoms with van der Waals surface area (Å²) >= 11 is 3.58. The molecule has 0 saturated carbocycles. The predicted octanol–water partition coefficient (Wildman–Crippen LogP) is 5.78. The van der Waals surface area contributed by atoms with Crippen LogP contribution in [-0.4, -0.2) is 9.08 Å². The lowest BCUT2D eigenvalue weighted by molar-refractivity contribution is 1.12. The first-order valence-corrected chi connectivity index (χ1v) is 9.96. The van der Waals surface area contributed by atoms with E-state index in [2.05, 4.69) is 56.9 Å². The average molecular weight is 357 g/mol. The highest BCUT2D eigenvalue weighted by Crippen LogP contribution is 2.45. The van der Waals surface area contributed by atoms with Crippen molar-refractivity contribution in [3.05, 3.63) is 52.5 Å². The van der Waals surface area contributed by atoms with Crippen LogP contribution in [0.3, 0.4) is 0 Å². The van der Waals surface area contributed by atoms with Gasteiger partial charge in [-0.05, 0) is 35.0 Å². The summed E-state index contributed by atoms with van der Waals surface area (Å²) in [5.41, 5.74) is 6.05. The molecule has 118 valence electrons. The second kappa shape index (κ2) is 3.90. The average Bonchev–Trinajstić information content (AvgIpc) is 3.36. The number of fused-ring (bicyclic) bond motifs is 6. The third-order valence-electron chi connectivity index (χ3n) is 5.49. The van der Waals surface area contributed by atoms with Gasteiger partial charge < -0.3 is 10.2 Å². The van der Waals surface area contributed by atoms with Crippen LogP contribution in [0.2, 0.25) is 0 Å². The van der Waals surface area contributed by atoms with Gasteiger partial charge in [-0.25, -0.2) is 0 Å². The third kappa shape index (κ3) is 1.22. The number of benzene rings is 2. The normalized spacial score (nSPS) is 13.0. The Morgan fingerprint density at radius 3 is 2.64 bits per heavy atom. The molecule has 5 aromatic heterocycles. The van der Waals surface area contributed by atoms with Crippen LogP contribution in [0.5, 0.6) is 0 Å². The first-order chi connectivity index (χ1) is 12.3. The number of hydrogen-bond donors (Lipinski definition) is 1. The molecule has 0 aliphatic heterocycles. The molecule has 2 N–H and O–H groups in total. The molecule has 5 heteroatoms. The zero-order chi connectivity index (χ0) is 16.3. The molecule has 0 aliphatic rings. The van der Waals surface area contributed by atoms with Gasteiger partial charge >= 0.3 is 0 Å². The van der Waals surface area contributed by atoms with Crippen LogP contribution in [-0.2, 0) is 0 Å². The van der Waals surface area contributed by atoms with Gasteiger partial charge in [-0.15, -0.1) is 22.7 Å². The Balaban J connectivity index is 2.10. The number of nitrogen functional groups attached to an aromatic ring is 1. The molecule has 0 saturated heterocycles. The van der Waals surface area contributed by atoms with Crippen molar-refractivity contribution in [3.8, 4) is 0 Å². The van der Waals surface area contributed by atoms with Crippen molar-refractivity contribution in [2.24, 2.45) is 0 Å². The van der Waals surface area contributed by atoms with Crippen molar-refractivity contribution >= 4 is 81.9 Å². The van der Waals surface area contributed by atoms with E-state index in [1.807, 2.05) is 16.0 Å². The van der Waals surface area contributed by atoms with Crippen molar-refractivity contribution < 1.29 is 0 Å². The molecule has 0 fully saturated rings. The maximum atomic E-state index is 6.49. The van der Waals surface area contributed by atoms with E-state index in [4.69, 9.17) is 5.84 Å². The molecule has 0 radical (unpaired) electrons. The molecule has 2 aromatic carbocycles. The molecule has 0 bridgehead atoms. The Labute approximate surface area is 149 Å². The van der Waals surface area contributed by atoms with Gasteiger partial charge in [0.05, 0.1) is 32.3 Å². The highest BCUT2D eigenvalue weighted by molar-refractivity contribution is 7.18. The van der Waals surface area contributed by atoms with Gasteiger partial charge in [0.1, 0.15) is 0 Å². The van der Waals surface area contributed by atoms with Crippen molar-refractivity contribution in [1.29, 1.82) is 0 Å². The van der Waals surface area contributed by atoms with Crippen LogP contribution in [0.25, 0.3) is 59.2 Å². The van der Waals surface area contributed by atoms with Crippen LogP contribution in [0.4, 0.5) is 0 Å². The minimum atomic E-state index is 1.09. The first-order valence-electron chi connectivity index (χ1n) is 8.14. The van der Waals surface area contributed by atoms with E-state index in [0.717, 1.165) is 11.0 Å². The Bertz CT molecular complexity index is 1610. The van der Waals surface area contributed by atoms with Gasteiger partial charge in [0.25, 0.3) is 0 Å². The van der Waals surface area contributed by atoms with E-state index in [0.29, 0.717) is 0 Å². The van der Waals surface area contributed by atoms with E-state index in [-0.39, 0.29) is 0 Å². The Kier molecular flexibility index (Phi) is 1.96. The monoisotopic (exact) mass is 357 g/mol. The zero-order valence-electron chi connectivity index (χ0n) is 13.0. The molecule has 0 atom stereocenters. The molecular weight excluding hydrogens is 346 g/mol. The highest BCUT2D eigenvalue weighted by atomic mass is 32.1. The summed E-state index contributed by atoms with van der Waals surface area (Å²) in [6, 6.07) is 13.1. The van der Waals surface area contributed by atoms with Crippen molar-refractivity contribution in [1.82, 2.24) is 9.08 Å². The fourth-order valence-electron chi connectivity index (χ4n) is 4.52. The quantitative estimate of drug-likeness (QED) is 0.343.